The van der Waals surface area contributed by atoms with E-state index >= 15 is 0 Å². The van der Waals surface area contributed by atoms with Gasteiger partial charge < -0.3 is 14.8 Å². The Labute approximate surface area is 131 Å². The fraction of sp³-hybridized carbons (Fsp3) is 0.389. The maximum Gasteiger partial charge on any atom is 0.212 e. The zero-order chi connectivity index (χ0) is 15.9. The third-order valence-corrected chi connectivity index (χ3v) is 3.83. The summed E-state index contributed by atoms with van der Waals surface area (Å²) in [6.07, 6.45) is 6.81. The Bertz CT molecular complexity index is 618. The molecule has 2 N–H and O–H groups in total. The van der Waals surface area contributed by atoms with Gasteiger partial charge >= 0.3 is 0 Å². The van der Waals surface area contributed by atoms with E-state index in [2.05, 4.69) is 11.9 Å². The Morgan fingerprint density at radius 1 is 1.23 bits per heavy atom. The van der Waals surface area contributed by atoms with Gasteiger partial charge in [0.1, 0.15) is 11.5 Å². The zero-order valence-corrected chi connectivity index (χ0v) is 13.2. The molecule has 0 atom stereocenters. The number of methoxy groups -OCH3 is 1. The molecule has 0 unspecified atom stereocenters. The molecule has 0 aliphatic heterocycles. The number of carbonyl (C=O) groups excluding carboxylic acids is 1. The molecule has 118 valence electrons. The first-order valence-electron chi connectivity index (χ1n) is 7.76. The molecule has 22 heavy (non-hydrogen) atoms. The van der Waals surface area contributed by atoms with E-state index in [1.807, 2.05) is 0 Å². The van der Waals surface area contributed by atoms with Crippen molar-refractivity contribution in [3.63, 3.8) is 0 Å². The van der Waals surface area contributed by atoms with Crippen molar-refractivity contribution in [2.24, 2.45) is 0 Å². The van der Waals surface area contributed by atoms with E-state index < -0.39 is 0 Å². The van der Waals surface area contributed by atoms with Crippen LogP contribution in [0.4, 0.5) is 0 Å². The Hall–Kier alpha value is -2.23. The number of ketones is 1. The van der Waals surface area contributed by atoms with E-state index in [9.17, 15) is 9.90 Å². The lowest BCUT2D eigenvalue weighted by Crippen LogP contribution is -2.05. The lowest BCUT2D eigenvalue weighted by Gasteiger charge is -2.13. The van der Waals surface area contributed by atoms with Crippen LogP contribution >= 0.6 is 0 Å². The van der Waals surface area contributed by atoms with Crippen LogP contribution in [0.25, 0.3) is 0 Å². The van der Waals surface area contributed by atoms with Gasteiger partial charge in [-0.2, -0.15) is 0 Å². The van der Waals surface area contributed by atoms with Crippen LogP contribution in [0.2, 0.25) is 0 Å². The predicted octanol–water partition coefficient (Wildman–Crippen LogP) is 4.08. The highest BCUT2D eigenvalue weighted by Gasteiger charge is 2.19. The van der Waals surface area contributed by atoms with Gasteiger partial charge in [0.2, 0.25) is 5.78 Å². The van der Waals surface area contributed by atoms with Crippen molar-refractivity contribution in [2.75, 3.05) is 7.11 Å². The summed E-state index contributed by atoms with van der Waals surface area (Å²) in [6, 6.07) is 6.84. The van der Waals surface area contributed by atoms with Crippen molar-refractivity contribution in [3.8, 4) is 11.5 Å². The van der Waals surface area contributed by atoms with Crippen LogP contribution in [0.3, 0.4) is 0 Å². The fourth-order valence-corrected chi connectivity index (χ4v) is 2.58. The van der Waals surface area contributed by atoms with Gasteiger partial charge in [-0.3, -0.25) is 4.79 Å². The van der Waals surface area contributed by atoms with Gasteiger partial charge in [0.25, 0.3) is 0 Å². The molecule has 0 radical (unpaired) electrons. The SMILES string of the molecule is CCCCCCc1c(OC)ccc(C(=O)c2ccc[nH]2)c1O. The summed E-state index contributed by atoms with van der Waals surface area (Å²) in [6.45, 7) is 2.16. The van der Waals surface area contributed by atoms with E-state index in [1.54, 1.807) is 37.6 Å². The van der Waals surface area contributed by atoms with Crippen LogP contribution in [0, 0.1) is 0 Å². The smallest absolute Gasteiger partial charge is 0.212 e. The number of benzene rings is 1. The maximum atomic E-state index is 12.4. The highest BCUT2D eigenvalue weighted by molar-refractivity contribution is 6.09. The van der Waals surface area contributed by atoms with Crippen molar-refractivity contribution in [1.29, 1.82) is 0 Å². The Morgan fingerprint density at radius 3 is 2.68 bits per heavy atom. The van der Waals surface area contributed by atoms with E-state index in [-0.39, 0.29) is 11.5 Å². The molecule has 1 aromatic heterocycles. The summed E-state index contributed by atoms with van der Waals surface area (Å²) >= 11 is 0. The molecule has 0 aliphatic rings. The summed E-state index contributed by atoms with van der Waals surface area (Å²) < 4.78 is 5.33. The minimum atomic E-state index is -0.208. The summed E-state index contributed by atoms with van der Waals surface area (Å²) in [4.78, 5) is 15.3. The molecular weight excluding hydrogens is 278 g/mol. The Kier molecular flexibility index (Phi) is 5.64. The summed E-state index contributed by atoms with van der Waals surface area (Å²) in [5.41, 5.74) is 1.50. The monoisotopic (exact) mass is 301 g/mol. The van der Waals surface area contributed by atoms with Gasteiger partial charge in [-0.05, 0) is 37.1 Å². The van der Waals surface area contributed by atoms with Gasteiger partial charge in [0.15, 0.2) is 0 Å². The average molecular weight is 301 g/mol. The first-order chi connectivity index (χ1) is 10.7. The predicted molar refractivity (Wildman–Crippen MR) is 86.7 cm³/mol. The lowest BCUT2D eigenvalue weighted by molar-refractivity contribution is 0.103. The molecule has 0 saturated carbocycles. The molecule has 4 heteroatoms. The first-order valence-corrected chi connectivity index (χ1v) is 7.76. The highest BCUT2D eigenvalue weighted by Crippen LogP contribution is 2.33. The van der Waals surface area contributed by atoms with Crippen LogP contribution in [-0.2, 0) is 6.42 Å². The molecule has 0 aliphatic carbocycles. The zero-order valence-electron chi connectivity index (χ0n) is 13.2. The number of aromatic amines is 1. The minimum Gasteiger partial charge on any atom is -0.507 e. The van der Waals surface area contributed by atoms with E-state index in [1.165, 1.54) is 6.42 Å². The minimum absolute atomic E-state index is 0.0375. The van der Waals surface area contributed by atoms with Crippen LogP contribution < -0.4 is 4.74 Å². The highest BCUT2D eigenvalue weighted by atomic mass is 16.5. The number of H-pyrrole nitrogens is 1. The molecule has 2 rings (SSSR count). The van der Waals surface area contributed by atoms with Gasteiger partial charge in [0, 0.05) is 11.8 Å². The van der Waals surface area contributed by atoms with Crippen LogP contribution in [0.15, 0.2) is 30.5 Å². The first kappa shape index (κ1) is 16.1. The molecule has 2 aromatic rings. The molecule has 0 saturated heterocycles. The second-order valence-electron chi connectivity index (χ2n) is 5.37. The van der Waals surface area contributed by atoms with E-state index in [0.29, 0.717) is 23.4 Å². The van der Waals surface area contributed by atoms with Crippen molar-refractivity contribution in [3.05, 3.63) is 47.3 Å². The number of hydrogen-bond donors (Lipinski definition) is 2. The number of rotatable bonds is 8. The Balaban J connectivity index is 2.27. The molecule has 4 nitrogen and oxygen atoms in total. The molecule has 1 aromatic carbocycles. The number of aromatic nitrogens is 1. The number of phenols is 1. The number of aromatic hydroxyl groups is 1. The van der Waals surface area contributed by atoms with Gasteiger partial charge in [-0.15, -0.1) is 0 Å². The number of phenolic OH excluding ortho intramolecular Hbond substituents is 1. The number of carbonyl (C=O) groups is 1. The standard InChI is InChI=1S/C18H23NO3/c1-3-4-5-6-8-13-16(22-2)11-10-14(17(13)20)18(21)15-9-7-12-19-15/h7,9-12,19-20H,3-6,8H2,1-2H3. The topological polar surface area (TPSA) is 62.3 Å². The molecular formula is C18H23NO3. The maximum absolute atomic E-state index is 12.4. The molecule has 0 bridgehead atoms. The van der Waals surface area contributed by atoms with Crippen molar-refractivity contribution in [1.82, 2.24) is 4.98 Å². The van der Waals surface area contributed by atoms with Crippen molar-refractivity contribution >= 4 is 5.78 Å². The fourth-order valence-electron chi connectivity index (χ4n) is 2.58. The number of hydrogen-bond acceptors (Lipinski definition) is 3. The average Bonchev–Trinajstić information content (AvgIpc) is 3.06. The third-order valence-electron chi connectivity index (χ3n) is 3.83. The van der Waals surface area contributed by atoms with Gasteiger partial charge in [-0.1, -0.05) is 26.2 Å². The van der Waals surface area contributed by atoms with Crippen LogP contribution in [0.5, 0.6) is 11.5 Å². The summed E-state index contributed by atoms with van der Waals surface area (Å²) in [5.74, 6) is 0.465. The largest absolute Gasteiger partial charge is 0.507 e. The Morgan fingerprint density at radius 2 is 2.05 bits per heavy atom. The number of nitrogens with one attached hydrogen (secondary N) is 1. The van der Waals surface area contributed by atoms with E-state index in [4.69, 9.17) is 4.74 Å². The van der Waals surface area contributed by atoms with E-state index in [0.717, 1.165) is 24.8 Å². The molecule has 0 amide bonds. The lowest BCUT2D eigenvalue weighted by atomic mass is 9.98. The quantitative estimate of drug-likeness (QED) is 0.570. The molecule has 0 fully saturated rings. The van der Waals surface area contributed by atoms with Crippen LogP contribution in [-0.4, -0.2) is 23.0 Å². The van der Waals surface area contributed by atoms with Crippen molar-refractivity contribution < 1.29 is 14.6 Å². The normalized spacial score (nSPS) is 10.6. The second kappa shape index (κ2) is 7.69. The number of ether oxygens (including phenoxy) is 1. The second-order valence-corrected chi connectivity index (χ2v) is 5.37. The summed E-state index contributed by atoms with van der Waals surface area (Å²) in [7, 11) is 1.58. The van der Waals surface area contributed by atoms with Gasteiger partial charge in [0.05, 0.1) is 18.4 Å². The third kappa shape index (κ3) is 3.50. The van der Waals surface area contributed by atoms with Crippen LogP contribution in [0.1, 0.15) is 54.2 Å². The summed E-state index contributed by atoms with van der Waals surface area (Å²) in [5, 5.41) is 10.5. The van der Waals surface area contributed by atoms with Crippen molar-refractivity contribution in [2.45, 2.75) is 39.0 Å². The molecule has 1 heterocycles. The molecule has 0 spiro atoms. The number of unbranched alkanes of at least 4 members (excludes halogenated alkanes) is 3. The van der Waals surface area contributed by atoms with Gasteiger partial charge in [-0.25, -0.2) is 0 Å².